The van der Waals surface area contributed by atoms with Crippen molar-refractivity contribution in [1.82, 2.24) is 0 Å². The second-order valence-electron chi connectivity index (χ2n) is 3.80. The summed E-state index contributed by atoms with van der Waals surface area (Å²) < 4.78 is 0. The van der Waals surface area contributed by atoms with Gasteiger partial charge in [-0.25, -0.2) is 0 Å². The molecule has 0 saturated heterocycles. The van der Waals surface area contributed by atoms with Crippen LogP contribution in [0.1, 0.15) is 15.9 Å². The van der Waals surface area contributed by atoms with Crippen molar-refractivity contribution in [2.45, 2.75) is 0 Å². The smallest absolute Gasteiger partial charge is 0.196 e. The Labute approximate surface area is 114 Å². The number of ketones is 1. The molecule has 2 rings (SSSR count). The molecule has 92 valence electrons. The van der Waals surface area contributed by atoms with Gasteiger partial charge in [-0.1, -0.05) is 23.2 Å². The molecular formula is C13H10Cl2N2O. The topological polar surface area (TPSA) is 69.1 Å². The minimum Gasteiger partial charge on any atom is -0.399 e. The van der Waals surface area contributed by atoms with Crippen molar-refractivity contribution in [3.8, 4) is 0 Å². The monoisotopic (exact) mass is 280 g/mol. The maximum atomic E-state index is 12.3. The third kappa shape index (κ3) is 2.42. The van der Waals surface area contributed by atoms with Gasteiger partial charge >= 0.3 is 0 Å². The molecule has 0 radical (unpaired) electrons. The fraction of sp³-hybridized carbons (Fsp3) is 0. The minimum atomic E-state index is -0.255. The predicted molar refractivity (Wildman–Crippen MR) is 75.2 cm³/mol. The number of benzene rings is 2. The molecule has 2 aromatic carbocycles. The van der Waals surface area contributed by atoms with Gasteiger partial charge in [-0.15, -0.1) is 0 Å². The zero-order valence-electron chi connectivity index (χ0n) is 9.28. The molecule has 0 aliphatic heterocycles. The number of nitrogen functional groups attached to an aromatic ring is 2. The summed E-state index contributed by atoms with van der Waals surface area (Å²) in [6.45, 7) is 0. The molecule has 5 heteroatoms. The molecule has 0 atom stereocenters. The highest BCUT2D eigenvalue weighted by Crippen LogP contribution is 2.26. The van der Waals surface area contributed by atoms with E-state index in [1.165, 1.54) is 12.1 Å². The summed E-state index contributed by atoms with van der Waals surface area (Å²) in [4.78, 5) is 12.3. The van der Waals surface area contributed by atoms with Gasteiger partial charge in [0, 0.05) is 27.5 Å². The molecule has 0 saturated carbocycles. The molecule has 18 heavy (non-hydrogen) atoms. The molecule has 0 aromatic heterocycles. The van der Waals surface area contributed by atoms with Gasteiger partial charge in [-0.2, -0.15) is 0 Å². The molecule has 4 N–H and O–H groups in total. The van der Waals surface area contributed by atoms with Gasteiger partial charge in [0.2, 0.25) is 0 Å². The van der Waals surface area contributed by atoms with Gasteiger partial charge in [0.15, 0.2) is 5.78 Å². The number of carbonyl (C=O) groups excluding carboxylic acids is 1. The van der Waals surface area contributed by atoms with Gasteiger partial charge in [-0.05, 0) is 36.4 Å². The molecule has 0 aliphatic carbocycles. The Bertz CT molecular complexity index is 573. The first-order valence-electron chi connectivity index (χ1n) is 5.14. The molecule has 0 amide bonds. The summed E-state index contributed by atoms with van der Waals surface area (Å²) in [6, 6.07) is 9.43. The Morgan fingerprint density at radius 1 is 0.944 bits per heavy atom. The van der Waals surface area contributed by atoms with E-state index >= 15 is 0 Å². The number of rotatable bonds is 2. The van der Waals surface area contributed by atoms with Crippen LogP contribution in [0, 0.1) is 0 Å². The van der Waals surface area contributed by atoms with Gasteiger partial charge in [0.25, 0.3) is 0 Å². The van der Waals surface area contributed by atoms with Crippen LogP contribution in [0.5, 0.6) is 0 Å². The number of hydrogen-bond acceptors (Lipinski definition) is 3. The fourth-order valence-electron chi connectivity index (χ4n) is 1.61. The van der Waals surface area contributed by atoms with E-state index < -0.39 is 0 Å². The van der Waals surface area contributed by atoms with Crippen LogP contribution in [-0.4, -0.2) is 5.78 Å². The average Bonchev–Trinajstić information content (AvgIpc) is 2.28. The molecular weight excluding hydrogens is 271 g/mol. The van der Waals surface area contributed by atoms with E-state index in [4.69, 9.17) is 34.7 Å². The number of nitrogens with two attached hydrogens (primary N) is 2. The normalized spacial score (nSPS) is 10.3. The first kappa shape index (κ1) is 12.7. The summed E-state index contributed by atoms with van der Waals surface area (Å²) in [6.07, 6.45) is 0. The third-order valence-electron chi connectivity index (χ3n) is 2.50. The van der Waals surface area contributed by atoms with Crippen molar-refractivity contribution < 1.29 is 4.79 Å². The molecule has 0 spiro atoms. The van der Waals surface area contributed by atoms with Crippen molar-refractivity contribution in [2.24, 2.45) is 0 Å². The SMILES string of the molecule is Nc1ccc(C(=O)c2ccc(Cl)cc2Cl)c(N)c1. The Morgan fingerprint density at radius 2 is 1.61 bits per heavy atom. The quantitative estimate of drug-likeness (QED) is 0.654. The van der Waals surface area contributed by atoms with Gasteiger partial charge in [0.1, 0.15) is 0 Å². The Hall–Kier alpha value is -1.71. The van der Waals surface area contributed by atoms with E-state index in [1.807, 2.05) is 0 Å². The first-order valence-corrected chi connectivity index (χ1v) is 5.89. The van der Waals surface area contributed by atoms with Gasteiger partial charge < -0.3 is 11.5 Å². The van der Waals surface area contributed by atoms with E-state index in [0.29, 0.717) is 32.5 Å². The van der Waals surface area contributed by atoms with Crippen LogP contribution in [-0.2, 0) is 0 Å². The lowest BCUT2D eigenvalue weighted by molar-refractivity contribution is 0.104. The summed E-state index contributed by atoms with van der Waals surface area (Å²) in [5, 5.41) is 0.769. The first-order chi connectivity index (χ1) is 8.49. The van der Waals surface area contributed by atoms with Crippen molar-refractivity contribution in [1.29, 1.82) is 0 Å². The number of carbonyl (C=O) groups is 1. The maximum Gasteiger partial charge on any atom is 0.196 e. The Kier molecular flexibility index (Phi) is 3.45. The lowest BCUT2D eigenvalue weighted by atomic mass is 10.0. The Balaban J connectivity index is 2.48. The number of anilines is 2. The molecule has 0 aliphatic rings. The second kappa shape index (κ2) is 4.88. The van der Waals surface area contributed by atoms with Crippen LogP contribution in [0.15, 0.2) is 36.4 Å². The standard InChI is InChI=1S/C13H10Cl2N2O/c14-7-1-3-9(11(15)5-7)13(18)10-4-2-8(16)6-12(10)17/h1-6H,16-17H2. The summed E-state index contributed by atoms with van der Waals surface area (Å²) in [5.74, 6) is -0.255. The van der Waals surface area contributed by atoms with Crippen LogP contribution in [0.4, 0.5) is 11.4 Å². The molecule has 0 heterocycles. The maximum absolute atomic E-state index is 12.3. The predicted octanol–water partition coefficient (Wildman–Crippen LogP) is 3.39. The van der Waals surface area contributed by atoms with Crippen molar-refractivity contribution in [3.05, 3.63) is 57.6 Å². The van der Waals surface area contributed by atoms with E-state index in [0.717, 1.165) is 0 Å². The summed E-state index contributed by atoms with van der Waals surface area (Å²) in [5.41, 5.74) is 12.9. The lowest BCUT2D eigenvalue weighted by Crippen LogP contribution is -2.06. The summed E-state index contributed by atoms with van der Waals surface area (Å²) >= 11 is 11.8. The van der Waals surface area contributed by atoms with Crippen LogP contribution in [0.25, 0.3) is 0 Å². The zero-order valence-corrected chi connectivity index (χ0v) is 10.8. The van der Waals surface area contributed by atoms with Gasteiger partial charge in [0.05, 0.1) is 5.02 Å². The lowest BCUT2D eigenvalue weighted by Gasteiger charge is -2.07. The highest BCUT2D eigenvalue weighted by molar-refractivity contribution is 6.37. The molecule has 0 bridgehead atoms. The highest BCUT2D eigenvalue weighted by Gasteiger charge is 2.15. The fourth-order valence-corrected chi connectivity index (χ4v) is 2.10. The minimum absolute atomic E-state index is 0.255. The van der Waals surface area contributed by atoms with Crippen LogP contribution >= 0.6 is 23.2 Å². The van der Waals surface area contributed by atoms with E-state index in [1.54, 1.807) is 24.3 Å². The highest BCUT2D eigenvalue weighted by atomic mass is 35.5. The molecule has 2 aromatic rings. The molecule has 0 unspecified atom stereocenters. The number of halogens is 2. The van der Waals surface area contributed by atoms with E-state index in [-0.39, 0.29) is 5.78 Å². The van der Waals surface area contributed by atoms with Crippen LogP contribution < -0.4 is 11.5 Å². The largest absolute Gasteiger partial charge is 0.399 e. The average molecular weight is 281 g/mol. The third-order valence-corrected chi connectivity index (χ3v) is 3.04. The van der Waals surface area contributed by atoms with Crippen LogP contribution in [0.2, 0.25) is 10.0 Å². The van der Waals surface area contributed by atoms with E-state index in [2.05, 4.69) is 0 Å². The van der Waals surface area contributed by atoms with Crippen molar-refractivity contribution >= 4 is 40.4 Å². The summed E-state index contributed by atoms with van der Waals surface area (Å²) in [7, 11) is 0. The van der Waals surface area contributed by atoms with Crippen LogP contribution in [0.3, 0.4) is 0 Å². The zero-order chi connectivity index (χ0) is 13.3. The van der Waals surface area contributed by atoms with Gasteiger partial charge in [-0.3, -0.25) is 4.79 Å². The number of hydrogen-bond donors (Lipinski definition) is 2. The van der Waals surface area contributed by atoms with Crippen molar-refractivity contribution in [2.75, 3.05) is 11.5 Å². The van der Waals surface area contributed by atoms with E-state index in [9.17, 15) is 4.79 Å². The van der Waals surface area contributed by atoms with Crippen molar-refractivity contribution in [3.63, 3.8) is 0 Å². The Morgan fingerprint density at radius 3 is 2.22 bits per heavy atom. The second-order valence-corrected chi connectivity index (χ2v) is 4.64. The molecule has 3 nitrogen and oxygen atoms in total. The molecule has 0 fully saturated rings.